The topological polar surface area (TPSA) is 47.6 Å². The van der Waals surface area contributed by atoms with Crippen LogP contribution in [0, 0.1) is 12.7 Å². The number of fused-ring (bicyclic) bond motifs is 1. The van der Waals surface area contributed by atoms with Crippen LogP contribution in [0.25, 0.3) is 0 Å². The van der Waals surface area contributed by atoms with Gasteiger partial charge in [0.15, 0.2) is 11.5 Å². The first-order chi connectivity index (χ1) is 10.0. The average molecular weight is 352 g/mol. The number of anilines is 1. The number of rotatable bonds is 2. The number of nitrogens with one attached hydrogen (secondary N) is 1. The van der Waals surface area contributed by atoms with Crippen LogP contribution in [0.1, 0.15) is 15.9 Å². The largest absolute Gasteiger partial charge is 0.454 e. The lowest BCUT2D eigenvalue weighted by atomic mass is 10.1. The van der Waals surface area contributed by atoms with Crippen molar-refractivity contribution in [1.82, 2.24) is 0 Å². The molecule has 0 saturated heterocycles. The fourth-order valence-corrected chi connectivity index (χ4v) is 2.36. The standard InChI is InChI=1S/C15H11BrFNO3/c1-8-4-11(17)10(16)6-12(8)18-15(19)9-2-3-13-14(5-9)21-7-20-13/h2-6H,7H2,1H3,(H,18,19). The van der Waals surface area contributed by atoms with E-state index in [1.807, 2.05) is 0 Å². The summed E-state index contributed by atoms with van der Waals surface area (Å²) in [6, 6.07) is 7.85. The Kier molecular flexibility index (Phi) is 3.55. The highest BCUT2D eigenvalue weighted by molar-refractivity contribution is 9.10. The van der Waals surface area contributed by atoms with Gasteiger partial charge in [0.1, 0.15) is 5.82 Å². The number of carbonyl (C=O) groups is 1. The summed E-state index contributed by atoms with van der Waals surface area (Å²) in [5.74, 6) is 0.496. The van der Waals surface area contributed by atoms with E-state index in [1.54, 1.807) is 25.1 Å². The summed E-state index contributed by atoms with van der Waals surface area (Å²) in [6.45, 7) is 1.88. The second kappa shape index (κ2) is 5.37. The van der Waals surface area contributed by atoms with Gasteiger partial charge in [0, 0.05) is 11.3 Å². The van der Waals surface area contributed by atoms with Crippen molar-refractivity contribution < 1.29 is 18.7 Å². The van der Waals surface area contributed by atoms with Gasteiger partial charge >= 0.3 is 0 Å². The number of carbonyl (C=O) groups excluding carboxylic acids is 1. The fraction of sp³-hybridized carbons (Fsp3) is 0.133. The maximum atomic E-state index is 13.4. The lowest BCUT2D eigenvalue weighted by Crippen LogP contribution is -2.13. The second-order valence-electron chi connectivity index (χ2n) is 4.60. The van der Waals surface area contributed by atoms with Gasteiger partial charge in [-0.2, -0.15) is 0 Å². The van der Waals surface area contributed by atoms with Gasteiger partial charge in [0.25, 0.3) is 5.91 Å². The number of amides is 1. The Hall–Kier alpha value is -2.08. The quantitative estimate of drug-likeness (QED) is 0.893. The Balaban J connectivity index is 1.85. The summed E-state index contributed by atoms with van der Waals surface area (Å²) in [4.78, 5) is 12.2. The highest BCUT2D eigenvalue weighted by atomic mass is 79.9. The monoisotopic (exact) mass is 351 g/mol. The smallest absolute Gasteiger partial charge is 0.255 e. The highest BCUT2D eigenvalue weighted by Crippen LogP contribution is 2.33. The zero-order valence-electron chi connectivity index (χ0n) is 11.1. The molecule has 1 heterocycles. The van der Waals surface area contributed by atoms with E-state index in [0.29, 0.717) is 32.8 Å². The minimum Gasteiger partial charge on any atom is -0.454 e. The molecule has 0 aliphatic carbocycles. The Labute approximate surface area is 129 Å². The van der Waals surface area contributed by atoms with Crippen LogP contribution in [0.3, 0.4) is 0 Å². The molecule has 1 N–H and O–H groups in total. The maximum Gasteiger partial charge on any atom is 0.255 e. The molecule has 3 rings (SSSR count). The van der Waals surface area contributed by atoms with Crippen molar-refractivity contribution in [3.8, 4) is 11.5 Å². The van der Waals surface area contributed by atoms with Crippen LogP contribution in [-0.2, 0) is 0 Å². The molecule has 1 amide bonds. The van der Waals surface area contributed by atoms with Crippen molar-refractivity contribution in [3.63, 3.8) is 0 Å². The van der Waals surface area contributed by atoms with Gasteiger partial charge in [-0.05, 0) is 58.7 Å². The number of ether oxygens (including phenoxy) is 2. The van der Waals surface area contributed by atoms with Gasteiger partial charge in [0.2, 0.25) is 6.79 Å². The molecule has 0 spiro atoms. The molecule has 4 nitrogen and oxygen atoms in total. The van der Waals surface area contributed by atoms with E-state index in [0.717, 1.165) is 0 Å². The van der Waals surface area contributed by atoms with E-state index in [2.05, 4.69) is 21.2 Å². The Morgan fingerprint density at radius 1 is 1.24 bits per heavy atom. The van der Waals surface area contributed by atoms with Gasteiger partial charge in [0.05, 0.1) is 4.47 Å². The van der Waals surface area contributed by atoms with Gasteiger partial charge in [-0.3, -0.25) is 4.79 Å². The van der Waals surface area contributed by atoms with Crippen molar-refractivity contribution in [1.29, 1.82) is 0 Å². The zero-order chi connectivity index (χ0) is 15.0. The van der Waals surface area contributed by atoms with Gasteiger partial charge in [-0.25, -0.2) is 4.39 Å². The molecular formula is C15H11BrFNO3. The first-order valence-electron chi connectivity index (χ1n) is 6.21. The molecule has 108 valence electrons. The molecule has 0 atom stereocenters. The molecule has 0 fully saturated rings. The van der Waals surface area contributed by atoms with Gasteiger partial charge in [-0.1, -0.05) is 0 Å². The van der Waals surface area contributed by atoms with E-state index in [4.69, 9.17) is 9.47 Å². The van der Waals surface area contributed by atoms with E-state index < -0.39 is 0 Å². The zero-order valence-corrected chi connectivity index (χ0v) is 12.7. The van der Waals surface area contributed by atoms with Crippen LogP contribution in [0.15, 0.2) is 34.8 Å². The van der Waals surface area contributed by atoms with Crippen LogP contribution in [0.2, 0.25) is 0 Å². The Bertz CT molecular complexity index is 733. The Morgan fingerprint density at radius 3 is 2.81 bits per heavy atom. The number of hydrogen-bond donors (Lipinski definition) is 1. The first-order valence-corrected chi connectivity index (χ1v) is 7.00. The van der Waals surface area contributed by atoms with Crippen molar-refractivity contribution in [3.05, 3.63) is 51.7 Å². The third-order valence-electron chi connectivity index (χ3n) is 3.15. The minimum absolute atomic E-state index is 0.157. The third-order valence-corrected chi connectivity index (χ3v) is 3.76. The molecule has 0 bridgehead atoms. The van der Waals surface area contributed by atoms with E-state index in [-0.39, 0.29) is 18.5 Å². The molecule has 0 radical (unpaired) electrons. The molecule has 2 aromatic carbocycles. The summed E-state index contributed by atoms with van der Waals surface area (Å²) in [5.41, 5.74) is 1.63. The summed E-state index contributed by atoms with van der Waals surface area (Å²) < 4.78 is 24.1. The molecule has 1 aliphatic heterocycles. The van der Waals surface area contributed by atoms with Crippen molar-refractivity contribution >= 4 is 27.5 Å². The predicted octanol–water partition coefficient (Wildman–Crippen LogP) is 3.88. The lowest BCUT2D eigenvalue weighted by Gasteiger charge is -2.10. The van der Waals surface area contributed by atoms with Crippen LogP contribution in [0.4, 0.5) is 10.1 Å². The number of halogens is 2. The van der Waals surface area contributed by atoms with E-state index in [1.165, 1.54) is 12.1 Å². The number of aryl methyl sites for hydroxylation is 1. The summed E-state index contributed by atoms with van der Waals surface area (Å²) in [5, 5.41) is 2.75. The molecule has 1 aliphatic rings. The van der Waals surface area contributed by atoms with E-state index in [9.17, 15) is 9.18 Å². The van der Waals surface area contributed by atoms with Gasteiger partial charge < -0.3 is 14.8 Å². The van der Waals surface area contributed by atoms with Crippen molar-refractivity contribution in [2.75, 3.05) is 12.1 Å². The molecule has 0 saturated carbocycles. The number of hydrogen-bond acceptors (Lipinski definition) is 3. The third kappa shape index (κ3) is 2.71. The maximum absolute atomic E-state index is 13.4. The summed E-state index contributed by atoms with van der Waals surface area (Å²) in [7, 11) is 0. The predicted molar refractivity (Wildman–Crippen MR) is 79.4 cm³/mol. The van der Waals surface area contributed by atoms with Gasteiger partial charge in [-0.15, -0.1) is 0 Å². The molecule has 0 unspecified atom stereocenters. The van der Waals surface area contributed by atoms with E-state index >= 15 is 0 Å². The minimum atomic E-state index is -0.367. The molecule has 6 heteroatoms. The molecular weight excluding hydrogens is 341 g/mol. The van der Waals surface area contributed by atoms with Crippen molar-refractivity contribution in [2.24, 2.45) is 0 Å². The lowest BCUT2D eigenvalue weighted by molar-refractivity contribution is 0.102. The Morgan fingerprint density at radius 2 is 2.00 bits per heavy atom. The highest BCUT2D eigenvalue weighted by Gasteiger charge is 2.17. The number of benzene rings is 2. The fourth-order valence-electron chi connectivity index (χ4n) is 2.01. The SMILES string of the molecule is Cc1cc(F)c(Br)cc1NC(=O)c1ccc2c(c1)OCO2. The summed E-state index contributed by atoms with van der Waals surface area (Å²) >= 11 is 3.10. The molecule has 21 heavy (non-hydrogen) atoms. The van der Waals surface area contributed by atoms with Crippen LogP contribution >= 0.6 is 15.9 Å². The van der Waals surface area contributed by atoms with Crippen LogP contribution in [0.5, 0.6) is 11.5 Å². The average Bonchev–Trinajstić information content (AvgIpc) is 2.92. The molecule has 2 aromatic rings. The van der Waals surface area contributed by atoms with Crippen molar-refractivity contribution in [2.45, 2.75) is 6.92 Å². The van der Waals surface area contributed by atoms with Crippen LogP contribution in [-0.4, -0.2) is 12.7 Å². The van der Waals surface area contributed by atoms with Crippen LogP contribution < -0.4 is 14.8 Å². The second-order valence-corrected chi connectivity index (χ2v) is 5.46. The summed E-state index contributed by atoms with van der Waals surface area (Å²) in [6.07, 6.45) is 0. The first kappa shape index (κ1) is 13.9. The molecule has 0 aromatic heterocycles. The normalized spacial score (nSPS) is 12.3.